The molecule has 0 atom stereocenters. The molecule has 0 spiro atoms. The molecule has 2 aromatic rings. The highest BCUT2D eigenvalue weighted by atomic mass is 19.4. The number of aromatic nitrogens is 4. The van der Waals surface area contributed by atoms with Gasteiger partial charge in [-0.2, -0.15) is 15.0 Å². The SMILES string of the molecule is NN(c1nc(-c2ccccn2)[nH]c(=O)n1)C(F)(F)F. The molecule has 0 bridgehead atoms. The number of nitrogens with two attached hydrogens (primary N) is 1. The van der Waals surface area contributed by atoms with Crippen molar-refractivity contribution in [2.75, 3.05) is 5.01 Å². The van der Waals surface area contributed by atoms with Crippen molar-refractivity contribution in [2.24, 2.45) is 5.84 Å². The molecule has 2 rings (SSSR count). The maximum Gasteiger partial charge on any atom is 0.501 e. The van der Waals surface area contributed by atoms with Crippen LogP contribution in [0.15, 0.2) is 29.2 Å². The van der Waals surface area contributed by atoms with Crippen molar-refractivity contribution in [1.29, 1.82) is 0 Å². The van der Waals surface area contributed by atoms with E-state index in [1.54, 1.807) is 12.1 Å². The summed E-state index contributed by atoms with van der Waals surface area (Å²) in [6.45, 7) is 0. The van der Waals surface area contributed by atoms with Gasteiger partial charge in [0.2, 0.25) is 0 Å². The van der Waals surface area contributed by atoms with Gasteiger partial charge in [0, 0.05) is 6.20 Å². The number of pyridine rings is 1. The third-order valence-corrected chi connectivity index (χ3v) is 2.03. The van der Waals surface area contributed by atoms with E-state index in [1.165, 1.54) is 12.3 Å². The fourth-order valence-corrected chi connectivity index (χ4v) is 1.22. The molecule has 0 aromatic carbocycles. The Morgan fingerprint density at radius 1 is 1.26 bits per heavy atom. The average Bonchev–Trinajstić information content (AvgIpc) is 2.37. The monoisotopic (exact) mass is 272 g/mol. The van der Waals surface area contributed by atoms with Crippen LogP contribution in [0.5, 0.6) is 0 Å². The normalized spacial score (nSPS) is 11.4. The van der Waals surface area contributed by atoms with Crippen molar-refractivity contribution in [1.82, 2.24) is 19.9 Å². The minimum atomic E-state index is -4.89. The van der Waals surface area contributed by atoms with E-state index in [9.17, 15) is 18.0 Å². The van der Waals surface area contributed by atoms with Crippen molar-refractivity contribution in [3.8, 4) is 11.5 Å². The molecule has 0 unspecified atom stereocenters. The Hall–Kier alpha value is -2.49. The molecule has 3 N–H and O–H groups in total. The van der Waals surface area contributed by atoms with Crippen LogP contribution in [-0.4, -0.2) is 26.2 Å². The lowest BCUT2D eigenvalue weighted by molar-refractivity contribution is -0.130. The van der Waals surface area contributed by atoms with E-state index in [4.69, 9.17) is 5.84 Å². The maximum absolute atomic E-state index is 12.4. The zero-order valence-corrected chi connectivity index (χ0v) is 9.22. The van der Waals surface area contributed by atoms with Crippen molar-refractivity contribution < 1.29 is 13.2 Å². The fraction of sp³-hybridized carbons (Fsp3) is 0.111. The summed E-state index contributed by atoms with van der Waals surface area (Å²) in [6.07, 6.45) is -3.49. The number of H-pyrrole nitrogens is 1. The van der Waals surface area contributed by atoms with Crippen LogP contribution in [0.1, 0.15) is 0 Å². The van der Waals surface area contributed by atoms with Gasteiger partial charge >= 0.3 is 12.0 Å². The molecule has 0 amide bonds. The predicted octanol–water partition coefficient (Wildman–Crippen LogP) is 0.427. The molecule has 0 fully saturated rings. The molecule has 10 heteroatoms. The van der Waals surface area contributed by atoms with Gasteiger partial charge in [-0.1, -0.05) is 6.07 Å². The van der Waals surface area contributed by atoms with Gasteiger partial charge in [-0.05, 0) is 12.1 Å². The third kappa shape index (κ3) is 2.85. The van der Waals surface area contributed by atoms with E-state index in [1.807, 2.05) is 0 Å². The van der Waals surface area contributed by atoms with Crippen molar-refractivity contribution in [3.63, 3.8) is 0 Å². The van der Waals surface area contributed by atoms with Gasteiger partial charge in [0.05, 0.1) is 0 Å². The smallest absolute Gasteiger partial charge is 0.288 e. The first-order chi connectivity index (χ1) is 8.88. The van der Waals surface area contributed by atoms with Crippen LogP contribution in [0.3, 0.4) is 0 Å². The highest BCUT2D eigenvalue weighted by Gasteiger charge is 2.37. The van der Waals surface area contributed by atoms with Crippen LogP contribution in [0.2, 0.25) is 0 Å². The summed E-state index contributed by atoms with van der Waals surface area (Å²) in [5.74, 6) is 3.68. The molecular formula is C9H7F3N6O. The van der Waals surface area contributed by atoms with Crippen LogP contribution in [0.25, 0.3) is 11.5 Å². The zero-order chi connectivity index (χ0) is 14.0. The van der Waals surface area contributed by atoms with E-state index in [-0.39, 0.29) is 11.5 Å². The number of aromatic amines is 1. The number of hydrazine groups is 1. The molecular weight excluding hydrogens is 265 g/mol. The molecule has 2 heterocycles. The van der Waals surface area contributed by atoms with Gasteiger partial charge < -0.3 is 0 Å². The van der Waals surface area contributed by atoms with E-state index in [2.05, 4.69) is 19.9 Å². The predicted molar refractivity (Wildman–Crippen MR) is 58.6 cm³/mol. The molecule has 7 nitrogen and oxygen atoms in total. The highest BCUT2D eigenvalue weighted by molar-refractivity contribution is 5.49. The second kappa shape index (κ2) is 4.65. The largest absolute Gasteiger partial charge is 0.501 e. The lowest BCUT2D eigenvalue weighted by Crippen LogP contribution is -2.46. The quantitative estimate of drug-likeness (QED) is 0.467. The summed E-state index contributed by atoms with van der Waals surface area (Å²) >= 11 is 0. The molecule has 0 aliphatic carbocycles. The summed E-state index contributed by atoms with van der Waals surface area (Å²) in [4.78, 5) is 23.8. The minimum Gasteiger partial charge on any atom is -0.288 e. The highest BCUT2D eigenvalue weighted by Crippen LogP contribution is 2.22. The Kier molecular flexibility index (Phi) is 3.17. The van der Waals surface area contributed by atoms with Gasteiger partial charge in [0.1, 0.15) is 5.69 Å². The van der Waals surface area contributed by atoms with E-state index in [0.29, 0.717) is 0 Å². The summed E-state index contributed by atoms with van der Waals surface area (Å²) in [7, 11) is 0. The first-order valence-electron chi connectivity index (χ1n) is 4.89. The number of anilines is 1. The molecule has 2 aromatic heterocycles. The summed E-state index contributed by atoms with van der Waals surface area (Å²) in [5, 5.41) is -0.644. The zero-order valence-electron chi connectivity index (χ0n) is 9.22. The molecule has 19 heavy (non-hydrogen) atoms. The molecule has 0 aliphatic rings. The van der Waals surface area contributed by atoms with Crippen molar-refractivity contribution in [3.05, 3.63) is 34.9 Å². The fourth-order valence-electron chi connectivity index (χ4n) is 1.22. The van der Waals surface area contributed by atoms with Gasteiger partial charge in [0.15, 0.2) is 5.82 Å². The van der Waals surface area contributed by atoms with Crippen LogP contribution >= 0.6 is 0 Å². The molecule has 0 saturated carbocycles. The Morgan fingerprint density at radius 3 is 2.58 bits per heavy atom. The first kappa shape index (κ1) is 13.0. The van der Waals surface area contributed by atoms with Crippen LogP contribution in [-0.2, 0) is 0 Å². The number of alkyl halides is 3. The number of hydrogen-bond acceptors (Lipinski definition) is 6. The number of nitrogens with one attached hydrogen (secondary N) is 1. The topological polar surface area (TPSA) is 101 Å². The Bertz CT molecular complexity index is 626. The van der Waals surface area contributed by atoms with E-state index in [0.717, 1.165) is 0 Å². The van der Waals surface area contributed by atoms with Crippen LogP contribution in [0.4, 0.5) is 19.1 Å². The first-order valence-corrected chi connectivity index (χ1v) is 4.89. The number of halogens is 3. The van der Waals surface area contributed by atoms with Crippen LogP contribution < -0.4 is 16.5 Å². The van der Waals surface area contributed by atoms with Gasteiger partial charge in [-0.25, -0.2) is 10.6 Å². The van der Waals surface area contributed by atoms with Crippen molar-refractivity contribution in [2.45, 2.75) is 6.30 Å². The Labute approximate surface area is 103 Å². The second-order valence-corrected chi connectivity index (χ2v) is 3.36. The van der Waals surface area contributed by atoms with Gasteiger partial charge in [-0.15, -0.1) is 13.2 Å². The van der Waals surface area contributed by atoms with Gasteiger partial charge in [0.25, 0.3) is 5.95 Å². The number of hydrogen-bond donors (Lipinski definition) is 2. The van der Waals surface area contributed by atoms with Gasteiger partial charge in [-0.3, -0.25) is 9.97 Å². The summed E-state index contributed by atoms with van der Waals surface area (Å²) in [6, 6.07) is 4.66. The Morgan fingerprint density at radius 2 is 2.00 bits per heavy atom. The number of rotatable bonds is 2. The lowest BCUT2D eigenvalue weighted by atomic mass is 10.3. The maximum atomic E-state index is 12.4. The lowest BCUT2D eigenvalue weighted by Gasteiger charge is -2.18. The summed E-state index contributed by atoms with van der Waals surface area (Å²) < 4.78 is 37.2. The second-order valence-electron chi connectivity index (χ2n) is 3.36. The molecule has 0 aliphatic heterocycles. The van der Waals surface area contributed by atoms with E-state index >= 15 is 0 Å². The standard InChI is InChI=1S/C9H7F3N6O/c10-9(11,12)18(13)7-15-6(16-8(19)17-7)5-3-1-2-4-14-5/h1-4H,13H2,(H,15,16,17,19). The third-order valence-electron chi connectivity index (χ3n) is 2.03. The average molecular weight is 272 g/mol. The van der Waals surface area contributed by atoms with Crippen LogP contribution in [0, 0.1) is 0 Å². The molecule has 100 valence electrons. The number of nitrogens with zero attached hydrogens (tertiary/aromatic N) is 4. The minimum absolute atomic E-state index is 0.157. The van der Waals surface area contributed by atoms with Crippen molar-refractivity contribution >= 4 is 5.95 Å². The molecule has 0 saturated heterocycles. The van der Waals surface area contributed by atoms with E-state index < -0.39 is 22.9 Å². The Balaban J connectivity index is 2.50. The molecule has 0 radical (unpaired) electrons. The summed E-state index contributed by atoms with van der Waals surface area (Å²) in [5.41, 5.74) is -0.816.